The maximum Gasteiger partial charge on any atom is 0.257 e. The number of carbonyl (C=O) groups excluding carboxylic acids is 2. The lowest BCUT2D eigenvalue weighted by Gasteiger charge is -2.11. The van der Waals surface area contributed by atoms with E-state index in [4.69, 9.17) is 9.47 Å². The van der Waals surface area contributed by atoms with E-state index in [0.717, 1.165) is 0 Å². The molecular formula is C21H19N3O4. The quantitative estimate of drug-likeness (QED) is 0.685. The first-order valence-corrected chi connectivity index (χ1v) is 8.45. The third-order valence-electron chi connectivity index (χ3n) is 3.92. The van der Waals surface area contributed by atoms with E-state index < -0.39 is 0 Å². The van der Waals surface area contributed by atoms with Crippen molar-refractivity contribution in [2.24, 2.45) is 0 Å². The average Bonchev–Trinajstić information content (AvgIpc) is 2.74. The van der Waals surface area contributed by atoms with Gasteiger partial charge in [0, 0.05) is 35.4 Å². The number of nitrogens with zero attached hydrogens (tertiary/aromatic N) is 1. The Labute approximate surface area is 162 Å². The molecule has 0 aliphatic heterocycles. The van der Waals surface area contributed by atoms with Gasteiger partial charge >= 0.3 is 0 Å². The number of hydrogen-bond acceptors (Lipinski definition) is 5. The van der Waals surface area contributed by atoms with Gasteiger partial charge in [-0.25, -0.2) is 0 Å². The summed E-state index contributed by atoms with van der Waals surface area (Å²) in [7, 11) is 3.04. The molecule has 28 heavy (non-hydrogen) atoms. The molecule has 7 nitrogen and oxygen atoms in total. The molecule has 0 fully saturated rings. The zero-order chi connectivity index (χ0) is 19.9. The number of ether oxygens (including phenoxy) is 2. The van der Waals surface area contributed by atoms with Crippen molar-refractivity contribution in [1.29, 1.82) is 0 Å². The first-order valence-electron chi connectivity index (χ1n) is 8.45. The number of benzene rings is 2. The van der Waals surface area contributed by atoms with Crippen LogP contribution in [-0.4, -0.2) is 31.0 Å². The second kappa shape index (κ2) is 8.68. The number of nitrogens with one attached hydrogen (secondary N) is 2. The van der Waals surface area contributed by atoms with Crippen molar-refractivity contribution >= 4 is 23.2 Å². The monoisotopic (exact) mass is 377 g/mol. The molecule has 0 spiro atoms. The molecule has 7 heteroatoms. The summed E-state index contributed by atoms with van der Waals surface area (Å²) in [5.74, 6) is 0.422. The van der Waals surface area contributed by atoms with Gasteiger partial charge in [-0.1, -0.05) is 6.07 Å². The van der Waals surface area contributed by atoms with E-state index in [-0.39, 0.29) is 11.8 Å². The summed E-state index contributed by atoms with van der Waals surface area (Å²) in [6.45, 7) is 0. The van der Waals surface area contributed by atoms with Crippen LogP contribution >= 0.6 is 0 Å². The predicted molar refractivity (Wildman–Crippen MR) is 106 cm³/mol. The molecule has 0 radical (unpaired) electrons. The molecule has 3 aromatic rings. The summed E-state index contributed by atoms with van der Waals surface area (Å²) in [5.41, 5.74) is 1.92. The van der Waals surface area contributed by atoms with Gasteiger partial charge < -0.3 is 20.1 Å². The van der Waals surface area contributed by atoms with Crippen molar-refractivity contribution in [3.8, 4) is 11.5 Å². The first-order chi connectivity index (χ1) is 13.6. The van der Waals surface area contributed by atoms with E-state index in [1.54, 1.807) is 60.8 Å². The highest BCUT2D eigenvalue weighted by Crippen LogP contribution is 2.24. The second-order valence-corrected chi connectivity index (χ2v) is 5.83. The molecule has 0 atom stereocenters. The Hall–Kier alpha value is -3.87. The lowest BCUT2D eigenvalue weighted by molar-refractivity contribution is 0.101. The first kappa shape index (κ1) is 18.9. The van der Waals surface area contributed by atoms with Crippen LogP contribution in [0.25, 0.3) is 0 Å². The van der Waals surface area contributed by atoms with Gasteiger partial charge in [-0.15, -0.1) is 0 Å². The Bertz CT molecular complexity index is 968. The minimum atomic E-state index is -0.326. The fourth-order valence-corrected chi connectivity index (χ4v) is 2.52. The average molecular weight is 377 g/mol. The van der Waals surface area contributed by atoms with Crippen LogP contribution < -0.4 is 20.1 Å². The van der Waals surface area contributed by atoms with Crippen molar-refractivity contribution in [3.63, 3.8) is 0 Å². The minimum Gasteiger partial charge on any atom is -0.497 e. The van der Waals surface area contributed by atoms with Crippen LogP contribution in [0.2, 0.25) is 0 Å². The summed E-state index contributed by atoms with van der Waals surface area (Å²) < 4.78 is 10.4. The maximum atomic E-state index is 12.6. The molecule has 0 bridgehead atoms. The molecule has 0 saturated carbocycles. The molecule has 142 valence electrons. The second-order valence-electron chi connectivity index (χ2n) is 5.83. The van der Waals surface area contributed by atoms with E-state index in [1.807, 2.05) is 0 Å². The number of hydrogen-bond donors (Lipinski definition) is 2. The molecule has 3 rings (SSSR count). The highest BCUT2D eigenvalue weighted by Gasteiger charge is 2.11. The van der Waals surface area contributed by atoms with Crippen LogP contribution in [0.4, 0.5) is 11.4 Å². The third-order valence-corrected chi connectivity index (χ3v) is 3.92. The lowest BCUT2D eigenvalue weighted by atomic mass is 10.1. The van der Waals surface area contributed by atoms with Gasteiger partial charge in [0.15, 0.2) is 0 Å². The summed E-state index contributed by atoms with van der Waals surface area (Å²) in [5, 5.41) is 5.58. The molecule has 0 aliphatic rings. The lowest BCUT2D eigenvalue weighted by Crippen LogP contribution is -2.14. The number of pyridine rings is 1. The van der Waals surface area contributed by atoms with Gasteiger partial charge in [0.1, 0.15) is 11.5 Å². The van der Waals surface area contributed by atoms with Gasteiger partial charge in [-0.05, 0) is 42.5 Å². The molecule has 2 N–H and O–H groups in total. The predicted octanol–water partition coefficient (Wildman–Crippen LogP) is 3.60. The Morgan fingerprint density at radius 1 is 0.786 bits per heavy atom. The molecule has 2 amide bonds. The summed E-state index contributed by atoms with van der Waals surface area (Å²) in [4.78, 5) is 28.8. The summed E-state index contributed by atoms with van der Waals surface area (Å²) in [6, 6.07) is 15.2. The van der Waals surface area contributed by atoms with E-state index in [0.29, 0.717) is 34.0 Å². The zero-order valence-corrected chi connectivity index (χ0v) is 15.4. The van der Waals surface area contributed by atoms with Crippen molar-refractivity contribution < 1.29 is 19.1 Å². The van der Waals surface area contributed by atoms with Gasteiger partial charge in [0.25, 0.3) is 11.8 Å². The molecule has 0 saturated heterocycles. The van der Waals surface area contributed by atoms with E-state index in [9.17, 15) is 9.59 Å². The van der Waals surface area contributed by atoms with Gasteiger partial charge in [-0.2, -0.15) is 0 Å². The number of aromatic nitrogens is 1. The Morgan fingerprint density at radius 2 is 1.39 bits per heavy atom. The molecular weight excluding hydrogens is 358 g/mol. The van der Waals surface area contributed by atoms with Crippen molar-refractivity contribution in [2.75, 3.05) is 24.9 Å². The fraction of sp³-hybridized carbons (Fsp3) is 0.0952. The minimum absolute atomic E-state index is 0.283. The molecule has 0 aliphatic carbocycles. The largest absolute Gasteiger partial charge is 0.497 e. The smallest absolute Gasteiger partial charge is 0.257 e. The van der Waals surface area contributed by atoms with Crippen LogP contribution in [0.5, 0.6) is 11.5 Å². The highest BCUT2D eigenvalue weighted by atomic mass is 16.5. The van der Waals surface area contributed by atoms with Crippen LogP contribution in [0.3, 0.4) is 0 Å². The van der Waals surface area contributed by atoms with E-state index >= 15 is 0 Å². The molecule has 0 unspecified atom stereocenters. The van der Waals surface area contributed by atoms with Crippen LogP contribution in [0.1, 0.15) is 20.7 Å². The number of carbonyl (C=O) groups is 2. The van der Waals surface area contributed by atoms with Gasteiger partial charge in [0.05, 0.1) is 19.8 Å². The normalized spacial score (nSPS) is 10.1. The Morgan fingerprint density at radius 3 is 1.93 bits per heavy atom. The topological polar surface area (TPSA) is 89.5 Å². The molecule has 2 aromatic carbocycles. The number of anilines is 2. The van der Waals surface area contributed by atoms with Gasteiger partial charge in [-0.3, -0.25) is 14.6 Å². The SMILES string of the molecule is COc1cc(OC)cc(C(=O)Nc2cccc(NC(=O)c3cccnc3)c2)c1. The fourth-order valence-electron chi connectivity index (χ4n) is 2.52. The van der Waals surface area contributed by atoms with Crippen molar-refractivity contribution in [2.45, 2.75) is 0 Å². The number of amides is 2. The Balaban J connectivity index is 1.74. The number of methoxy groups -OCH3 is 2. The van der Waals surface area contributed by atoms with Crippen molar-refractivity contribution in [1.82, 2.24) is 4.98 Å². The Kier molecular flexibility index (Phi) is 5.86. The van der Waals surface area contributed by atoms with E-state index in [1.165, 1.54) is 20.4 Å². The summed E-state index contributed by atoms with van der Waals surface area (Å²) in [6.07, 6.45) is 3.08. The van der Waals surface area contributed by atoms with Crippen LogP contribution in [0.15, 0.2) is 67.0 Å². The van der Waals surface area contributed by atoms with Gasteiger partial charge in [0.2, 0.25) is 0 Å². The zero-order valence-electron chi connectivity index (χ0n) is 15.4. The van der Waals surface area contributed by atoms with E-state index in [2.05, 4.69) is 15.6 Å². The standard InChI is InChI=1S/C21H19N3O4/c1-27-18-9-15(10-19(12-18)28-2)21(26)24-17-7-3-6-16(11-17)23-20(25)14-5-4-8-22-13-14/h3-13H,1-2H3,(H,23,25)(H,24,26). The summed E-state index contributed by atoms with van der Waals surface area (Å²) >= 11 is 0. The van der Waals surface area contributed by atoms with Crippen LogP contribution in [-0.2, 0) is 0 Å². The third kappa shape index (κ3) is 4.64. The number of rotatable bonds is 6. The molecule has 1 heterocycles. The van der Waals surface area contributed by atoms with Crippen molar-refractivity contribution in [3.05, 3.63) is 78.1 Å². The highest BCUT2D eigenvalue weighted by molar-refractivity contribution is 6.06. The van der Waals surface area contributed by atoms with Crippen LogP contribution in [0, 0.1) is 0 Å². The maximum absolute atomic E-state index is 12.6. The molecule has 1 aromatic heterocycles.